The lowest BCUT2D eigenvalue weighted by molar-refractivity contribution is 0.0638. The monoisotopic (exact) mass is 310 g/mol. The van der Waals surface area contributed by atoms with Gasteiger partial charge in [-0.2, -0.15) is 4.31 Å². The number of hydrogen-bond acceptors (Lipinski definition) is 4. The maximum absolute atomic E-state index is 12.8. The van der Waals surface area contributed by atoms with E-state index < -0.39 is 16.1 Å². The fourth-order valence-electron chi connectivity index (χ4n) is 3.29. The lowest BCUT2D eigenvalue weighted by Gasteiger charge is -2.34. The van der Waals surface area contributed by atoms with Crippen LogP contribution in [-0.4, -0.2) is 37.0 Å². The van der Waals surface area contributed by atoms with Gasteiger partial charge >= 0.3 is 0 Å². The molecule has 1 aliphatic heterocycles. The molecule has 2 unspecified atom stereocenters. The molecule has 0 saturated heterocycles. The molecule has 0 amide bonds. The summed E-state index contributed by atoms with van der Waals surface area (Å²) >= 11 is 0. The standard InChI is InChI=1S/C15H22N2O3S/c1-17(14-4-2-3-5-15(14)18)21(19,20)13-7-6-11-9-16-10-12(11)8-13/h6-8,14-16,18H,2-5,9-10H2,1H3. The van der Waals surface area contributed by atoms with E-state index in [2.05, 4.69) is 5.32 Å². The SMILES string of the molecule is CN(C1CCCCC1O)S(=O)(=O)c1ccc2c(c1)CNC2. The minimum absolute atomic E-state index is 0.310. The summed E-state index contributed by atoms with van der Waals surface area (Å²) in [6, 6.07) is 5.01. The molecule has 1 fully saturated rings. The summed E-state index contributed by atoms with van der Waals surface area (Å²) in [5.41, 5.74) is 2.21. The lowest BCUT2D eigenvalue weighted by atomic mass is 9.93. The van der Waals surface area contributed by atoms with E-state index in [0.29, 0.717) is 17.9 Å². The van der Waals surface area contributed by atoms with Gasteiger partial charge in [-0.15, -0.1) is 0 Å². The molecule has 3 rings (SSSR count). The number of benzene rings is 1. The molecule has 1 aromatic carbocycles. The van der Waals surface area contributed by atoms with Crippen molar-refractivity contribution in [2.75, 3.05) is 7.05 Å². The summed E-state index contributed by atoms with van der Waals surface area (Å²) in [5, 5.41) is 13.3. The zero-order valence-corrected chi connectivity index (χ0v) is 13.1. The maximum Gasteiger partial charge on any atom is 0.243 e. The van der Waals surface area contributed by atoms with Gasteiger partial charge in [0.05, 0.1) is 17.0 Å². The van der Waals surface area contributed by atoms with E-state index in [0.717, 1.165) is 36.9 Å². The Kier molecular flexibility index (Phi) is 4.05. The molecule has 0 spiro atoms. The first-order valence-electron chi connectivity index (χ1n) is 7.49. The summed E-state index contributed by atoms with van der Waals surface area (Å²) in [5.74, 6) is 0. The number of aliphatic hydroxyl groups excluding tert-OH is 1. The molecule has 1 aliphatic carbocycles. The summed E-state index contributed by atoms with van der Waals surface area (Å²) < 4.78 is 26.9. The van der Waals surface area contributed by atoms with Crippen molar-refractivity contribution in [2.24, 2.45) is 0 Å². The number of aliphatic hydroxyl groups is 1. The molecule has 0 radical (unpaired) electrons. The van der Waals surface area contributed by atoms with Gasteiger partial charge in [0.25, 0.3) is 0 Å². The molecule has 5 nitrogen and oxygen atoms in total. The van der Waals surface area contributed by atoms with Crippen LogP contribution in [0.4, 0.5) is 0 Å². The van der Waals surface area contributed by atoms with Crippen molar-refractivity contribution in [2.45, 2.75) is 55.8 Å². The van der Waals surface area contributed by atoms with E-state index in [1.165, 1.54) is 4.31 Å². The molecule has 2 atom stereocenters. The van der Waals surface area contributed by atoms with Gasteiger partial charge in [0.2, 0.25) is 10.0 Å². The van der Waals surface area contributed by atoms with E-state index in [1.54, 1.807) is 19.2 Å². The van der Waals surface area contributed by atoms with Gasteiger partial charge in [-0.3, -0.25) is 0 Å². The lowest BCUT2D eigenvalue weighted by Crippen LogP contribution is -2.46. The number of likely N-dealkylation sites (N-methyl/N-ethyl adjacent to an activating group) is 1. The average Bonchev–Trinajstić information content (AvgIpc) is 2.94. The molecule has 2 N–H and O–H groups in total. The molecule has 6 heteroatoms. The van der Waals surface area contributed by atoms with Gasteiger partial charge in [-0.1, -0.05) is 18.9 Å². The Hall–Kier alpha value is -0.950. The van der Waals surface area contributed by atoms with Crippen LogP contribution < -0.4 is 5.32 Å². The Balaban J connectivity index is 1.89. The molecule has 0 aromatic heterocycles. The molecule has 0 bridgehead atoms. The van der Waals surface area contributed by atoms with Crippen LogP contribution >= 0.6 is 0 Å². The highest BCUT2D eigenvalue weighted by Gasteiger charge is 2.34. The molecule has 1 heterocycles. The van der Waals surface area contributed by atoms with E-state index in [4.69, 9.17) is 0 Å². The minimum atomic E-state index is -3.55. The largest absolute Gasteiger partial charge is 0.391 e. The first kappa shape index (κ1) is 15.0. The number of hydrogen-bond donors (Lipinski definition) is 2. The topological polar surface area (TPSA) is 69.6 Å². The Morgan fingerprint density at radius 3 is 2.67 bits per heavy atom. The molecule has 1 aromatic rings. The number of nitrogens with one attached hydrogen (secondary N) is 1. The molecular weight excluding hydrogens is 288 g/mol. The minimum Gasteiger partial charge on any atom is -0.391 e. The van der Waals surface area contributed by atoms with Crippen molar-refractivity contribution >= 4 is 10.0 Å². The third-order valence-electron chi connectivity index (χ3n) is 4.65. The Bertz CT molecular complexity index is 630. The van der Waals surface area contributed by atoms with E-state index in [1.807, 2.05) is 6.07 Å². The number of rotatable bonds is 3. The molecule has 21 heavy (non-hydrogen) atoms. The van der Waals surface area contributed by atoms with Crippen LogP contribution in [0, 0.1) is 0 Å². The Morgan fingerprint density at radius 2 is 1.90 bits per heavy atom. The third-order valence-corrected chi connectivity index (χ3v) is 6.53. The van der Waals surface area contributed by atoms with E-state index in [9.17, 15) is 13.5 Å². The van der Waals surface area contributed by atoms with Crippen LogP contribution in [0.5, 0.6) is 0 Å². The number of sulfonamides is 1. The summed E-state index contributed by atoms with van der Waals surface area (Å²) in [4.78, 5) is 0.324. The fourth-order valence-corrected chi connectivity index (χ4v) is 4.76. The predicted octanol–water partition coefficient (Wildman–Crippen LogP) is 1.21. The highest BCUT2D eigenvalue weighted by molar-refractivity contribution is 7.89. The predicted molar refractivity (Wildman–Crippen MR) is 80.2 cm³/mol. The molecule has 2 aliphatic rings. The normalized spacial score (nSPS) is 26.0. The summed E-state index contributed by atoms with van der Waals surface area (Å²) in [6.45, 7) is 1.52. The molecule has 116 valence electrons. The fraction of sp³-hybridized carbons (Fsp3) is 0.600. The smallest absolute Gasteiger partial charge is 0.243 e. The second kappa shape index (κ2) is 5.68. The van der Waals surface area contributed by atoms with Gasteiger partial charge in [0, 0.05) is 20.1 Å². The zero-order chi connectivity index (χ0) is 15.0. The number of fused-ring (bicyclic) bond motifs is 1. The Labute approximate surface area is 126 Å². The van der Waals surface area contributed by atoms with Crippen LogP contribution in [0.25, 0.3) is 0 Å². The van der Waals surface area contributed by atoms with Gasteiger partial charge < -0.3 is 10.4 Å². The van der Waals surface area contributed by atoms with Crippen LogP contribution in [0.1, 0.15) is 36.8 Å². The number of nitrogens with zero attached hydrogens (tertiary/aromatic N) is 1. The van der Waals surface area contributed by atoms with Crippen LogP contribution in [-0.2, 0) is 23.1 Å². The second-order valence-corrected chi connectivity index (χ2v) is 7.97. The molecule has 1 saturated carbocycles. The summed E-state index contributed by atoms with van der Waals surface area (Å²) in [7, 11) is -1.96. The second-order valence-electron chi connectivity index (χ2n) is 5.97. The molecular formula is C15H22N2O3S. The Morgan fingerprint density at radius 1 is 1.19 bits per heavy atom. The van der Waals surface area contributed by atoms with Gasteiger partial charge in [0.1, 0.15) is 0 Å². The maximum atomic E-state index is 12.8. The van der Waals surface area contributed by atoms with Crippen molar-refractivity contribution < 1.29 is 13.5 Å². The van der Waals surface area contributed by atoms with E-state index in [-0.39, 0.29) is 6.04 Å². The highest BCUT2D eigenvalue weighted by atomic mass is 32.2. The first-order chi connectivity index (χ1) is 10.00. The van der Waals surface area contributed by atoms with Crippen molar-refractivity contribution in [3.63, 3.8) is 0 Å². The van der Waals surface area contributed by atoms with Crippen LogP contribution in [0.3, 0.4) is 0 Å². The van der Waals surface area contributed by atoms with Crippen molar-refractivity contribution in [3.05, 3.63) is 29.3 Å². The van der Waals surface area contributed by atoms with Crippen molar-refractivity contribution in [3.8, 4) is 0 Å². The summed E-state index contributed by atoms with van der Waals surface area (Å²) in [6.07, 6.45) is 2.78. The van der Waals surface area contributed by atoms with Crippen LogP contribution in [0.15, 0.2) is 23.1 Å². The third kappa shape index (κ3) is 2.73. The first-order valence-corrected chi connectivity index (χ1v) is 8.93. The average molecular weight is 310 g/mol. The van der Waals surface area contributed by atoms with Crippen molar-refractivity contribution in [1.82, 2.24) is 9.62 Å². The van der Waals surface area contributed by atoms with Gasteiger partial charge in [-0.05, 0) is 36.1 Å². The van der Waals surface area contributed by atoms with Gasteiger partial charge in [-0.25, -0.2) is 8.42 Å². The van der Waals surface area contributed by atoms with Crippen molar-refractivity contribution in [1.29, 1.82) is 0 Å². The highest BCUT2D eigenvalue weighted by Crippen LogP contribution is 2.28. The van der Waals surface area contributed by atoms with Gasteiger partial charge in [0.15, 0.2) is 0 Å². The van der Waals surface area contributed by atoms with Crippen LogP contribution in [0.2, 0.25) is 0 Å². The zero-order valence-electron chi connectivity index (χ0n) is 12.2. The van der Waals surface area contributed by atoms with E-state index >= 15 is 0 Å². The quantitative estimate of drug-likeness (QED) is 0.880.